The van der Waals surface area contributed by atoms with Crippen molar-refractivity contribution in [2.75, 3.05) is 13.2 Å². The molecule has 0 aromatic heterocycles. The quantitative estimate of drug-likeness (QED) is 0.568. The molecule has 1 aromatic rings. The van der Waals surface area contributed by atoms with E-state index in [4.69, 9.17) is 10.8 Å². The van der Waals surface area contributed by atoms with E-state index in [0.717, 1.165) is 12.1 Å². The molecule has 0 bridgehead atoms. The lowest BCUT2D eigenvalue weighted by Gasteiger charge is -2.07. The molecule has 0 atom stereocenters. The van der Waals surface area contributed by atoms with E-state index in [0.29, 0.717) is 13.1 Å². The maximum atomic E-state index is 8.58. The smallest absolute Gasteiger partial charge is 0.0556 e. The van der Waals surface area contributed by atoms with Crippen LogP contribution in [0, 0.1) is 0 Å². The molecule has 0 saturated carbocycles. The van der Waals surface area contributed by atoms with Crippen LogP contribution in [0.5, 0.6) is 0 Å². The number of aliphatic hydroxyl groups is 1. The number of nitrogens with two attached hydrogens (primary N) is 1. The van der Waals surface area contributed by atoms with Gasteiger partial charge in [-0.15, -0.1) is 0 Å². The highest BCUT2D eigenvalue weighted by Crippen LogP contribution is 2.06. The van der Waals surface area contributed by atoms with E-state index < -0.39 is 0 Å². The second-order valence-corrected chi connectivity index (χ2v) is 2.87. The molecule has 0 aliphatic rings. The molecular weight excluding hydrogens is 164 g/mol. The van der Waals surface area contributed by atoms with E-state index >= 15 is 0 Å². The maximum absolute atomic E-state index is 8.58. The van der Waals surface area contributed by atoms with Gasteiger partial charge in [-0.1, -0.05) is 24.3 Å². The highest BCUT2D eigenvalue weighted by atomic mass is 16.3. The molecule has 4 N–H and O–H groups in total. The van der Waals surface area contributed by atoms with Crippen LogP contribution in [0.4, 0.5) is 0 Å². The number of hydrogen-bond donors (Lipinski definition) is 3. The van der Waals surface area contributed by atoms with Gasteiger partial charge in [0.15, 0.2) is 0 Å². The summed E-state index contributed by atoms with van der Waals surface area (Å²) in [6.45, 7) is 2.13. The van der Waals surface area contributed by atoms with Crippen LogP contribution in [0.2, 0.25) is 0 Å². The van der Waals surface area contributed by atoms with Crippen LogP contribution in [0.15, 0.2) is 24.3 Å². The molecule has 13 heavy (non-hydrogen) atoms. The van der Waals surface area contributed by atoms with E-state index in [2.05, 4.69) is 5.32 Å². The summed E-state index contributed by atoms with van der Waals surface area (Å²) in [5.74, 6) is 0. The lowest BCUT2D eigenvalue weighted by Crippen LogP contribution is -2.18. The molecule has 0 aliphatic heterocycles. The Morgan fingerprint density at radius 2 is 1.92 bits per heavy atom. The summed E-state index contributed by atoms with van der Waals surface area (Å²) < 4.78 is 0. The SMILES string of the molecule is NCc1ccccc1CNCCO. The Morgan fingerprint density at radius 1 is 1.23 bits per heavy atom. The summed E-state index contributed by atoms with van der Waals surface area (Å²) in [4.78, 5) is 0. The van der Waals surface area contributed by atoms with Crippen molar-refractivity contribution in [1.29, 1.82) is 0 Å². The molecule has 3 heteroatoms. The van der Waals surface area contributed by atoms with Crippen molar-refractivity contribution in [2.45, 2.75) is 13.1 Å². The molecule has 0 aliphatic carbocycles. The molecule has 1 rings (SSSR count). The fourth-order valence-corrected chi connectivity index (χ4v) is 1.23. The molecule has 0 spiro atoms. The molecule has 0 amide bonds. The minimum atomic E-state index is 0.171. The van der Waals surface area contributed by atoms with Crippen LogP contribution < -0.4 is 11.1 Å². The molecule has 72 valence electrons. The third kappa shape index (κ3) is 3.14. The Hall–Kier alpha value is -0.900. The van der Waals surface area contributed by atoms with Crippen LogP contribution >= 0.6 is 0 Å². The number of benzene rings is 1. The molecule has 1 aromatic carbocycles. The standard InChI is InChI=1S/C10H16N2O/c11-7-9-3-1-2-4-10(9)8-12-5-6-13/h1-4,12-13H,5-8,11H2. The largest absolute Gasteiger partial charge is 0.395 e. The highest BCUT2D eigenvalue weighted by molar-refractivity contribution is 5.26. The summed E-state index contributed by atoms with van der Waals surface area (Å²) in [5, 5.41) is 11.7. The summed E-state index contributed by atoms with van der Waals surface area (Å²) >= 11 is 0. The van der Waals surface area contributed by atoms with Crippen molar-refractivity contribution in [2.24, 2.45) is 5.73 Å². The van der Waals surface area contributed by atoms with Gasteiger partial charge in [-0.3, -0.25) is 0 Å². The predicted molar refractivity (Wildman–Crippen MR) is 53.1 cm³/mol. The van der Waals surface area contributed by atoms with E-state index in [-0.39, 0.29) is 6.61 Å². The van der Waals surface area contributed by atoms with Gasteiger partial charge in [-0.25, -0.2) is 0 Å². The third-order valence-corrected chi connectivity index (χ3v) is 1.94. The summed E-state index contributed by atoms with van der Waals surface area (Å²) in [6.07, 6.45) is 0. The van der Waals surface area contributed by atoms with Crippen molar-refractivity contribution >= 4 is 0 Å². The van der Waals surface area contributed by atoms with Crippen molar-refractivity contribution < 1.29 is 5.11 Å². The zero-order valence-electron chi connectivity index (χ0n) is 7.66. The number of hydrogen-bond acceptors (Lipinski definition) is 3. The van der Waals surface area contributed by atoms with Crippen LogP contribution in [-0.4, -0.2) is 18.3 Å². The Bertz CT molecular complexity index is 250. The van der Waals surface area contributed by atoms with Gasteiger partial charge in [0.2, 0.25) is 0 Å². The maximum Gasteiger partial charge on any atom is 0.0556 e. The van der Waals surface area contributed by atoms with Crippen molar-refractivity contribution in [3.05, 3.63) is 35.4 Å². The average molecular weight is 180 g/mol. The lowest BCUT2D eigenvalue weighted by atomic mass is 10.1. The fourth-order valence-electron chi connectivity index (χ4n) is 1.23. The third-order valence-electron chi connectivity index (χ3n) is 1.94. The number of aliphatic hydroxyl groups excluding tert-OH is 1. The Balaban J connectivity index is 2.54. The highest BCUT2D eigenvalue weighted by Gasteiger charge is 1.97. The average Bonchev–Trinajstić information content (AvgIpc) is 2.19. The molecule has 0 heterocycles. The van der Waals surface area contributed by atoms with Gasteiger partial charge in [0, 0.05) is 19.6 Å². The van der Waals surface area contributed by atoms with Crippen LogP contribution in [0.25, 0.3) is 0 Å². The number of nitrogens with one attached hydrogen (secondary N) is 1. The Morgan fingerprint density at radius 3 is 2.54 bits per heavy atom. The van der Waals surface area contributed by atoms with Gasteiger partial charge in [0.1, 0.15) is 0 Å². The van der Waals surface area contributed by atoms with Gasteiger partial charge in [-0.05, 0) is 11.1 Å². The molecule has 3 nitrogen and oxygen atoms in total. The molecule has 0 saturated heterocycles. The molecule has 0 fully saturated rings. The first-order valence-corrected chi connectivity index (χ1v) is 4.47. The van der Waals surface area contributed by atoms with Gasteiger partial charge < -0.3 is 16.2 Å². The van der Waals surface area contributed by atoms with Crippen LogP contribution in [0.3, 0.4) is 0 Å². The zero-order chi connectivity index (χ0) is 9.52. The molecule has 0 radical (unpaired) electrons. The first-order chi connectivity index (χ1) is 6.38. The number of rotatable bonds is 5. The van der Waals surface area contributed by atoms with Gasteiger partial charge in [0.05, 0.1) is 6.61 Å². The van der Waals surface area contributed by atoms with E-state index in [1.807, 2.05) is 24.3 Å². The van der Waals surface area contributed by atoms with Crippen LogP contribution in [0.1, 0.15) is 11.1 Å². The van der Waals surface area contributed by atoms with Crippen molar-refractivity contribution in [1.82, 2.24) is 5.32 Å². The summed E-state index contributed by atoms with van der Waals surface area (Å²) in [6, 6.07) is 8.05. The normalized spacial score (nSPS) is 10.3. The fraction of sp³-hybridized carbons (Fsp3) is 0.400. The van der Waals surface area contributed by atoms with Gasteiger partial charge in [-0.2, -0.15) is 0 Å². The minimum Gasteiger partial charge on any atom is -0.395 e. The second-order valence-electron chi connectivity index (χ2n) is 2.87. The first kappa shape index (κ1) is 10.2. The van der Waals surface area contributed by atoms with E-state index in [1.165, 1.54) is 5.56 Å². The zero-order valence-corrected chi connectivity index (χ0v) is 7.66. The van der Waals surface area contributed by atoms with E-state index in [9.17, 15) is 0 Å². The topological polar surface area (TPSA) is 58.3 Å². The van der Waals surface area contributed by atoms with E-state index in [1.54, 1.807) is 0 Å². The van der Waals surface area contributed by atoms with Crippen LogP contribution in [-0.2, 0) is 13.1 Å². The summed E-state index contributed by atoms with van der Waals surface area (Å²) in [5.41, 5.74) is 7.94. The first-order valence-electron chi connectivity index (χ1n) is 4.47. The van der Waals surface area contributed by atoms with Gasteiger partial charge >= 0.3 is 0 Å². The van der Waals surface area contributed by atoms with Crippen molar-refractivity contribution in [3.8, 4) is 0 Å². The molecular formula is C10H16N2O. The minimum absolute atomic E-state index is 0.171. The Labute approximate surface area is 78.6 Å². The lowest BCUT2D eigenvalue weighted by molar-refractivity contribution is 0.292. The predicted octanol–water partition coefficient (Wildman–Crippen LogP) is 0.227. The Kier molecular flexibility index (Phi) is 4.46. The monoisotopic (exact) mass is 180 g/mol. The van der Waals surface area contributed by atoms with Crippen molar-refractivity contribution in [3.63, 3.8) is 0 Å². The second kappa shape index (κ2) is 5.70. The summed E-state index contributed by atoms with van der Waals surface area (Å²) in [7, 11) is 0. The van der Waals surface area contributed by atoms with Gasteiger partial charge in [0.25, 0.3) is 0 Å². The molecule has 0 unspecified atom stereocenters.